The van der Waals surface area contributed by atoms with Crippen molar-refractivity contribution < 1.29 is 4.52 Å². The molecule has 90 valence electrons. The fraction of sp³-hybridized carbons (Fsp3) is 0.417. The Morgan fingerprint density at radius 2 is 2.12 bits per heavy atom. The molecule has 2 unspecified atom stereocenters. The first-order chi connectivity index (χ1) is 8.08. The number of nitrogens with two attached hydrogens (primary N) is 1. The van der Waals surface area contributed by atoms with Crippen molar-refractivity contribution in [2.75, 3.05) is 0 Å². The molecular weight excluding hydrogens is 216 g/mol. The van der Waals surface area contributed by atoms with Gasteiger partial charge in [-0.25, -0.2) is 0 Å². The predicted octanol–water partition coefficient (Wildman–Crippen LogP) is 1.89. The second-order valence-electron chi connectivity index (χ2n) is 4.32. The normalized spacial score (nSPS) is 14.6. The minimum atomic E-state index is -0.0197. The topological polar surface area (TPSA) is 77.8 Å². The molecule has 2 heterocycles. The van der Waals surface area contributed by atoms with Crippen molar-refractivity contribution in [1.82, 2.24) is 15.1 Å². The lowest BCUT2D eigenvalue weighted by Gasteiger charge is -2.09. The average molecular weight is 232 g/mol. The second kappa shape index (κ2) is 4.63. The summed E-state index contributed by atoms with van der Waals surface area (Å²) in [4.78, 5) is 8.53. The van der Waals surface area contributed by atoms with Crippen LogP contribution < -0.4 is 5.73 Å². The first-order valence-corrected chi connectivity index (χ1v) is 5.60. The van der Waals surface area contributed by atoms with Crippen LogP contribution in [0.4, 0.5) is 0 Å². The Labute approximate surface area is 100 Å². The molecular formula is C12H16N4O. The van der Waals surface area contributed by atoms with Crippen LogP contribution in [0.15, 0.2) is 22.9 Å². The third kappa shape index (κ3) is 2.50. The highest BCUT2D eigenvalue weighted by molar-refractivity contribution is 5.49. The molecule has 0 fully saturated rings. The van der Waals surface area contributed by atoms with E-state index >= 15 is 0 Å². The molecule has 5 heteroatoms. The molecule has 0 amide bonds. The van der Waals surface area contributed by atoms with Gasteiger partial charge in [0.25, 0.3) is 0 Å². The van der Waals surface area contributed by atoms with E-state index in [1.165, 1.54) is 0 Å². The lowest BCUT2D eigenvalue weighted by Crippen LogP contribution is -2.22. The zero-order valence-electron chi connectivity index (χ0n) is 10.2. The molecule has 0 aliphatic rings. The van der Waals surface area contributed by atoms with E-state index in [0.29, 0.717) is 11.7 Å². The van der Waals surface area contributed by atoms with Crippen LogP contribution in [0.2, 0.25) is 0 Å². The number of rotatable bonds is 3. The molecule has 2 aromatic heterocycles. The molecule has 0 aliphatic heterocycles. The molecule has 0 radical (unpaired) electrons. The number of hydrogen-bond donors (Lipinski definition) is 1. The molecule has 5 nitrogen and oxygen atoms in total. The standard InChI is InChI=1S/C12H16N4O/c1-7-4-5-14-10(6-7)11-15-12(17-16-11)8(2)9(3)13/h4-6,8-9H,13H2,1-3H3. The summed E-state index contributed by atoms with van der Waals surface area (Å²) in [7, 11) is 0. The van der Waals surface area contributed by atoms with Crippen LogP contribution in [0, 0.1) is 6.92 Å². The second-order valence-corrected chi connectivity index (χ2v) is 4.32. The van der Waals surface area contributed by atoms with Crippen molar-refractivity contribution in [1.29, 1.82) is 0 Å². The van der Waals surface area contributed by atoms with E-state index < -0.39 is 0 Å². The zero-order valence-corrected chi connectivity index (χ0v) is 10.2. The quantitative estimate of drug-likeness (QED) is 0.874. The molecule has 2 N–H and O–H groups in total. The predicted molar refractivity (Wildman–Crippen MR) is 64.3 cm³/mol. The number of aromatic nitrogens is 3. The molecule has 0 aliphatic carbocycles. The summed E-state index contributed by atoms with van der Waals surface area (Å²) in [6.07, 6.45) is 1.73. The molecule has 0 bridgehead atoms. The average Bonchev–Trinajstić information content (AvgIpc) is 2.77. The summed E-state index contributed by atoms with van der Waals surface area (Å²) in [6, 6.07) is 3.83. The van der Waals surface area contributed by atoms with E-state index in [9.17, 15) is 0 Å². The van der Waals surface area contributed by atoms with Gasteiger partial charge in [0.05, 0.1) is 5.92 Å². The summed E-state index contributed by atoms with van der Waals surface area (Å²) in [5.74, 6) is 1.11. The molecule has 2 atom stereocenters. The first-order valence-electron chi connectivity index (χ1n) is 5.60. The van der Waals surface area contributed by atoms with Crippen LogP contribution in [-0.4, -0.2) is 21.2 Å². The number of hydrogen-bond acceptors (Lipinski definition) is 5. The van der Waals surface area contributed by atoms with Crippen LogP contribution in [-0.2, 0) is 0 Å². The van der Waals surface area contributed by atoms with E-state index in [1.807, 2.05) is 32.9 Å². The van der Waals surface area contributed by atoms with Crippen LogP contribution in [0.3, 0.4) is 0 Å². The largest absolute Gasteiger partial charge is 0.339 e. The van der Waals surface area contributed by atoms with E-state index in [-0.39, 0.29) is 12.0 Å². The monoisotopic (exact) mass is 232 g/mol. The van der Waals surface area contributed by atoms with Crippen LogP contribution in [0.25, 0.3) is 11.5 Å². The van der Waals surface area contributed by atoms with E-state index in [2.05, 4.69) is 15.1 Å². The summed E-state index contributed by atoms with van der Waals surface area (Å²) >= 11 is 0. The van der Waals surface area contributed by atoms with Gasteiger partial charge in [-0.05, 0) is 31.5 Å². The maximum absolute atomic E-state index is 5.80. The first kappa shape index (κ1) is 11.7. The van der Waals surface area contributed by atoms with Crippen molar-refractivity contribution in [3.8, 4) is 11.5 Å². The Morgan fingerprint density at radius 1 is 1.35 bits per heavy atom. The van der Waals surface area contributed by atoms with Gasteiger partial charge in [-0.3, -0.25) is 4.98 Å². The van der Waals surface area contributed by atoms with Gasteiger partial charge in [0, 0.05) is 12.2 Å². The SMILES string of the molecule is Cc1ccnc(-c2noc(C(C)C(C)N)n2)c1. The van der Waals surface area contributed by atoms with E-state index in [1.54, 1.807) is 6.20 Å². The minimum absolute atomic E-state index is 0.0197. The van der Waals surface area contributed by atoms with Gasteiger partial charge in [-0.2, -0.15) is 4.98 Å². The highest BCUT2D eigenvalue weighted by atomic mass is 16.5. The molecule has 0 saturated heterocycles. The molecule has 17 heavy (non-hydrogen) atoms. The molecule has 0 saturated carbocycles. The van der Waals surface area contributed by atoms with Crippen molar-refractivity contribution in [2.24, 2.45) is 5.73 Å². The Kier molecular flexibility index (Phi) is 3.19. The third-order valence-electron chi connectivity index (χ3n) is 2.76. The van der Waals surface area contributed by atoms with Crippen LogP contribution in [0.1, 0.15) is 31.2 Å². The van der Waals surface area contributed by atoms with Gasteiger partial charge in [-0.15, -0.1) is 0 Å². The van der Waals surface area contributed by atoms with Gasteiger partial charge < -0.3 is 10.3 Å². The van der Waals surface area contributed by atoms with Crippen molar-refractivity contribution in [3.05, 3.63) is 29.8 Å². The van der Waals surface area contributed by atoms with E-state index in [4.69, 9.17) is 10.3 Å². The Bertz CT molecular complexity index is 507. The Balaban J connectivity index is 2.30. The van der Waals surface area contributed by atoms with Crippen molar-refractivity contribution in [3.63, 3.8) is 0 Å². The van der Waals surface area contributed by atoms with Gasteiger partial charge >= 0.3 is 0 Å². The maximum atomic E-state index is 5.80. The highest BCUT2D eigenvalue weighted by Gasteiger charge is 2.18. The summed E-state index contributed by atoms with van der Waals surface area (Å²) < 4.78 is 5.20. The van der Waals surface area contributed by atoms with Gasteiger partial charge in [0.2, 0.25) is 11.7 Å². The minimum Gasteiger partial charge on any atom is -0.339 e. The van der Waals surface area contributed by atoms with Gasteiger partial charge in [0.1, 0.15) is 5.69 Å². The van der Waals surface area contributed by atoms with Crippen molar-refractivity contribution in [2.45, 2.75) is 32.7 Å². The molecule has 0 spiro atoms. The smallest absolute Gasteiger partial charge is 0.231 e. The van der Waals surface area contributed by atoms with Gasteiger partial charge in [-0.1, -0.05) is 12.1 Å². The van der Waals surface area contributed by atoms with Crippen LogP contribution in [0.5, 0.6) is 0 Å². The van der Waals surface area contributed by atoms with E-state index in [0.717, 1.165) is 11.3 Å². The lowest BCUT2D eigenvalue weighted by molar-refractivity contribution is 0.346. The fourth-order valence-electron chi connectivity index (χ4n) is 1.41. The zero-order chi connectivity index (χ0) is 12.4. The summed E-state index contributed by atoms with van der Waals surface area (Å²) in [5.41, 5.74) is 7.63. The molecule has 2 aromatic rings. The third-order valence-corrected chi connectivity index (χ3v) is 2.76. The fourth-order valence-corrected chi connectivity index (χ4v) is 1.41. The maximum Gasteiger partial charge on any atom is 0.231 e. The number of pyridine rings is 1. The summed E-state index contributed by atoms with van der Waals surface area (Å²) in [6.45, 7) is 5.88. The lowest BCUT2D eigenvalue weighted by atomic mass is 10.1. The Hall–Kier alpha value is -1.75. The summed E-state index contributed by atoms with van der Waals surface area (Å²) in [5, 5.41) is 3.93. The van der Waals surface area contributed by atoms with Crippen molar-refractivity contribution >= 4 is 0 Å². The number of aryl methyl sites for hydroxylation is 1. The highest BCUT2D eigenvalue weighted by Crippen LogP contribution is 2.20. The van der Waals surface area contributed by atoms with Crippen LogP contribution >= 0.6 is 0 Å². The number of nitrogens with zero attached hydrogens (tertiary/aromatic N) is 3. The molecule has 2 rings (SSSR count). The van der Waals surface area contributed by atoms with Gasteiger partial charge in [0.15, 0.2) is 0 Å². The Morgan fingerprint density at radius 3 is 2.76 bits per heavy atom. The molecule has 0 aromatic carbocycles.